The highest BCUT2D eigenvalue weighted by atomic mass is 35.5. The van der Waals surface area contributed by atoms with Crippen molar-refractivity contribution in [2.75, 3.05) is 11.9 Å². The molecule has 0 bridgehead atoms. The number of nitrogens with zero attached hydrogens (tertiary/aromatic N) is 1. The Morgan fingerprint density at radius 3 is 2.88 bits per heavy atom. The van der Waals surface area contributed by atoms with E-state index >= 15 is 0 Å². The molecular weight excluding hydrogens is 228 g/mol. The number of carbonyl (C=O) groups is 1. The number of aliphatic hydroxyl groups excluding tert-OH is 1. The van der Waals surface area contributed by atoms with E-state index in [1.54, 1.807) is 12.1 Å². The molecule has 0 heterocycles. The molecule has 1 rings (SSSR count). The summed E-state index contributed by atoms with van der Waals surface area (Å²) in [5.74, 6) is -0.185. The number of hydrogen-bond acceptors (Lipinski definition) is 3. The van der Waals surface area contributed by atoms with Crippen LogP contribution < -0.4 is 5.32 Å². The molecule has 1 aromatic rings. The average Bonchev–Trinajstić information content (AvgIpc) is 2.26. The highest BCUT2D eigenvalue weighted by molar-refractivity contribution is 6.32. The van der Waals surface area contributed by atoms with Crippen LogP contribution in [0.1, 0.15) is 18.4 Å². The summed E-state index contributed by atoms with van der Waals surface area (Å²) in [6.07, 6.45) is 0.684. The number of amides is 1. The maximum absolute atomic E-state index is 11.3. The Hall–Kier alpha value is -1.57. The van der Waals surface area contributed by atoms with Gasteiger partial charge >= 0.3 is 0 Å². The van der Waals surface area contributed by atoms with E-state index < -0.39 is 0 Å². The van der Waals surface area contributed by atoms with Crippen LogP contribution in [0.3, 0.4) is 0 Å². The van der Waals surface area contributed by atoms with Crippen LogP contribution in [0, 0.1) is 11.3 Å². The largest absolute Gasteiger partial charge is 0.396 e. The van der Waals surface area contributed by atoms with Crippen LogP contribution in [0.2, 0.25) is 5.02 Å². The fraction of sp³-hybridized carbons (Fsp3) is 0.273. The summed E-state index contributed by atoms with van der Waals surface area (Å²) in [6.45, 7) is -0.0124. The highest BCUT2D eigenvalue weighted by Crippen LogP contribution is 2.20. The minimum absolute atomic E-state index is 0.0124. The average molecular weight is 239 g/mol. The van der Waals surface area contributed by atoms with Crippen LogP contribution in [0.4, 0.5) is 5.69 Å². The van der Waals surface area contributed by atoms with Gasteiger partial charge < -0.3 is 10.4 Å². The van der Waals surface area contributed by atoms with E-state index in [2.05, 4.69) is 5.32 Å². The van der Waals surface area contributed by atoms with Crippen LogP contribution >= 0.6 is 11.6 Å². The molecule has 0 radical (unpaired) electrons. The summed E-state index contributed by atoms with van der Waals surface area (Å²) >= 11 is 5.80. The van der Waals surface area contributed by atoms with E-state index in [1.807, 2.05) is 6.07 Å². The quantitative estimate of drug-likeness (QED) is 0.842. The molecule has 16 heavy (non-hydrogen) atoms. The van der Waals surface area contributed by atoms with Gasteiger partial charge in [0.2, 0.25) is 5.91 Å². The summed E-state index contributed by atoms with van der Waals surface area (Å²) in [5.41, 5.74) is 0.918. The molecule has 2 N–H and O–H groups in total. The number of nitriles is 1. The van der Waals surface area contributed by atoms with Crippen molar-refractivity contribution in [3.8, 4) is 6.07 Å². The molecule has 0 aliphatic rings. The topological polar surface area (TPSA) is 73.1 Å². The maximum Gasteiger partial charge on any atom is 0.224 e. The second-order valence-electron chi connectivity index (χ2n) is 3.18. The molecule has 0 unspecified atom stereocenters. The van der Waals surface area contributed by atoms with Crippen LogP contribution in [0.25, 0.3) is 0 Å². The van der Waals surface area contributed by atoms with Crippen LogP contribution in [-0.4, -0.2) is 17.6 Å². The van der Waals surface area contributed by atoms with E-state index in [0.29, 0.717) is 22.7 Å². The van der Waals surface area contributed by atoms with Crippen molar-refractivity contribution < 1.29 is 9.90 Å². The van der Waals surface area contributed by atoms with Crippen LogP contribution in [-0.2, 0) is 4.79 Å². The van der Waals surface area contributed by atoms with Crippen molar-refractivity contribution in [2.45, 2.75) is 12.8 Å². The lowest BCUT2D eigenvalue weighted by Gasteiger charge is -2.05. The third-order valence-electron chi connectivity index (χ3n) is 1.94. The fourth-order valence-electron chi connectivity index (χ4n) is 1.15. The van der Waals surface area contributed by atoms with Gasteiger partial charge in [-0.1, -0.05) is 11.6 Å². The first-order valence-electron chi connectivity index (χ1n) is 4.77. The van der Waals surface area contributed by atoms with Crippen molar-refractivity contribution >= 4 is 23.2 Å². The lowest BCUT2D eigenvalue weighted by atomic mass is 10.2. The van der Waals surface area contributed by atoms with Gasteiger partial charge in [0.25, 0.3) is 0 Å². The standard InChI is InChI=1S/C11H11ClN2O2/c12-10-6-9(4-3-8(10)7-13)14-11(16)2-1-5-15/h3-4,6,15H,1-2,5H2,(H,14,16). The molecule has 4 nitrogen and oxygen atoms in total. The van der Waals surface area contributed by atoms with Gasteiger partial charge in [0, 0.05) is 18.7 Å². The summed E-state index contributed by atoms with van der Waals surface area (Å²) in [4.78, 5) is 11.3. The lowest BCUT2D eigenvalue weighted by Crippen LogP contribution is -2.11. The van der Waals surface area contributed by atoms with Gasteiger partial charge in [-0.15, -0.1) is 0 Å². The van der Waals surface area contributed by atoms with Gasteiger partial charge in [0.15, 0.2) is 0 Å². The number of halogens is 1. The zero-order valence-corrected chi connectivity index (χ0v) is 9.29. The number of nitrogens with one attached hydrogen (secondary N) is 1. The van der Waals surface area contributed by atoms with Gasteiger partial charge in [-0.3, -0.25) is 4.79 Å². The van der Waals surface area contributed by atoms with Gasteiger partial charge in [-0.2, -0.15) is 5.26 Å². The Kier molecular flexibility index (Phi) is 4.77. The van der Waals surface area contributed by atoms with Crippen molar-refractivity contribution in [3.63, 3.8) is 0 Å². The molecule has 0 aliphatic heterocycles. The van der Waals surface area contributed by atoms with E-state index in [1.165, 1.54) is 6.07 Å². The van der Waals surface area contributed by atoms with Gasteiger partial charge in [-0.05, 0) is 24.6 Å². The lowest BCUT2D eigenvalue weighted by molar-refractivity contribution is -0.116. The molecule has 0 atom stereocenters. The minimum atomic E-state index is -0.185. The van der Waals surface area contributed by atoms with Crippen molar-refractivity contribution in [3.05, 3.63) is 28.8 Å². The smallest absolute Gasteiger partial charge is 0.224 e. The van der Waals surface area contributed by atoms with E-state index in [4.69, 9.17) is 22.0 Å². The molecule has 1 amide bonds. The SMILES string of the molecule is N#Cc1ccc(NC(=O)CCCO)cc1Cl. The number of carbonyl (C=O) groups excluding carboxylic acids is 1. The van der Waals surface area contributed by atoms with Crippen LogP contribution in [0.5, 0.6) is 0 Å². The van der Waals surface area contributed by atoms with Crippen molar-refractivity contribution in [1.82, 2.24) is 0 Å². The predicted molar refractivity (Wildman–Crippen MR) is 61.1 cm³/mol. The van der Waals surface area contributed by atoms with Gasteiger partial charge in [-0.25, -0.2) is 0 Å². The zero-order chi connectivity index (χ0) is 12.0. The first kappa shape index (κ1) is 12.5. The molecular formula is C11H11ClN2O2. The minimum Gasteiger partial charge on any atom is -0.396 e. The van der Waals surface area contributed by atoms with Gasteiger partial charge in [0.05, 0.1) is 10.6 Å². The van der Waals surface area contributed by atoms with Crippen molar-refractivity contribution in [2.24, 2.45) is 0 Å². The zero-order valence-electron chi connectivity index (χ0n) is 8.53. The van der Waals surface area contributed by atoms with E-state index in [0.717, 1.165) is 0 Å². The third-order valence-corrected chi connectivity index (χ3v) is 2.25. The summed E-state index contributed by atoms with van der Waals surface area (Å²) in [7, 11) is 0. The second kappa shape index (κ2) is 6.11. The Morgan fingerprint density at radius 1 is 1.56 bits per heavy atom. The summed E-state index contributed by atoms with van der Waals surface area (Å²) < 4.78 is 0. The molecule has 0 aromatic heterocycles. The number of hydrogen-bond donors (Lipinski definition) is 2. The highest BCUT2D eigenvalue weighted by Gasteiger charge is 2.04. The molecule has 84 valence electrons. The molecule has 0 spiro atoms. The number of benzene rings is 1. The fourth-order valence-corrected chi connectivity index (χ4v) is 1.37. The molecule has 0 aliphatic carbocycles. The molecule has 0 fully saturated rings. The van der Waals surface area contributed by atoms with E-state index in [9.17, 15) is 4.79 Å². The Morgan fingerprint density at radius 2 is 2.31 bits per heavy atom. The molecule has 0 saturated carbocycles. The Bertz CT molecular complexity index is 426. The van der Waals surface area contributed by atoms with Gasteiger partial charge in [0.1, 0.15) is 6.07 Å². The number of aliphatic hydroxyl groups is 1. The summed E-state index contributed by atoms with van der Waals surface area (Å²) in [5, 5.41) is 20.1. The Balaban J connectivity index is 2.65. The third kappa shape index (κ3) is 3.54. The predicted octanol–water partition coefficient (Wildman–Crippen LogP) is 1.92. The monoisotopic (exact) mass is 238 g/mol. The number of anilines is 1. The Labute approximate surface area is 98.5 Å². The first-order chi connectivity index (χ1) is 7.67. The summed E-state index contributed by atoms with van der Waals surface area (Å²) in [6, 6.07) is 6.62. The molecule has 0 saturated heterocycles. The first-order valence-corrected chi connectivity index (χ1v) is 5.15. The van der Waals surface area contributed by atoms with E-state index in [-0.39, 0.29) is 18.9 Å². The second-order valence-corrected chi connectivity index (χ2v) is 3.59. The normalized spacial score (nSPS) is 9.56. The van der Waals surface area contributed by atoms with Crippen LogP contribution in [0.15, 0.2) is 18.2 Å². The van der Waals surface area contributed by atoms with Crippen molar-refractivity contribution in [1.29, 1.82) is 5.26 Å². The molecule has 5 heteroatoms. The maximum atomic E-state index is 11.3. The molecule has 1 aromatic carbocycles. The number of rotatable bonds is 4.